The zero-order valence-corrected chi connectivity index (χ0v) is 13.4. The number of aryl methyl sites for hydroxylation is 1. The molecule has 6 heteroatoms. The molecule has 0 unspecified atom stereocenters. The molecular formula is C17H15N3O2S. The van der Waals surface area contributed by atoms with Crippen LogP contribution in [0.3, 0.4) is 0 Å². The summed E-state index contributed by atoms with van der Waals surface area (Å²) in [6, 6.07) is 9.17. The molecule has 0 aromatic carbocycles. The summed E-state index contributed by atoms with van der Waals surface area (Å²) in [5.74, 6) is 1.90. The quantitative estimate of drug-likeness (QED) is 0.634. The van der Waals surface area contributed by atoms with Gasteiger partial charge in [-0.05, 0) is 43.0 Å². The Hall–Kier alpha value is -2.60. The molecular weight excluding hydrogens is 310 g/mol. The van der Waals surface area contributed by atoms with Crippen LogP contribution in [-0.4, -0.2) is 27.5 Å². The highest BCUT2D eigenvalue weighted by Crippen LogP contribution is 2.33. The van der Waals surface area contributed by atoms with Crippen molar-refractivity contribution in [1.29, 1.82) is 0 Å². The normalized spacial score (nSPS) is 18.1. The Labute approximate surface area is 138 Å². The average Bonchev–Trinajstić information content (AvgIpc) is 3.08. The molecule has 1 fully saturated rings. The van der Waals surface area contributed by atoms with Crippen molar-refractivity contribution in [1.82, 2.24) is 9.88 Å². The SMILES string of the molecule is C=CCN1C(=O)/C(=C\c2ccc(C)o2)S/C1=N/c1ccccn1. The van der Waals surface area contributed by atoms with Crippen LogP contribution in [0, 0.1) is 6.92 Å². The molecule has 1 amide bonds. The van der Waals surface area contributed by atoms with E-state index in [1.165, 1.54) is 11.8 Å². The molecule has 5 nitrogen and oxygen atoms in total. The van der Waals surface area contributed by atoms with Gasteiger partial charge in [-0.25, -0.2) is 9.98 Å². The fourth-order valence-electron chi connectivity index (χ4n) is 2.06. The Morgan fingerprint density at radius 3 is 2.91 bits per heavy atom. The summed E-state index contributed by atoms with van der Waals surface area (Å²) in [6.07, 6.45) is 5.07. The summed E-state index contributed by atoms with van der Waals surface area (Å²) in [5, 5.41) is 0.586. The highest BCUT2D eigenvalue weighted by Gasteiger charge is 2.32. The van der Waals surface area contributed by atoms with Gasteiger partial charge >= 0.3 is 0 Å². The maximum absolute atomic E-state index is 12.6. The smallest absolute Gasteiger partial charge is 0.267 e. The summed E-state index contributed by atoms with van der Waals surface area (Å²) >= 11 is 1.31. The average molecular weight is 325 g/mol. The second kappa shape index (κ2) is 6.66. The summed E-state index contributed by atoms with van der Waals surface area (Å²) in [6.45, 7) is 5.96. The Bertz CT molecular complexity index is 793. The van der Waals surface area contributed by atoms with Crippen LogP contribution in [0.25, 0.3) is 6.08 Å². The van der Waals surface area contributed by atoms with Crippen molar-refractivity contribution in [2.45, 2.75) is 6.92 Å². The van der Waals surface area contributed by atoms with Gasteiger partial charge in [0.05, 0.1) is 4.91 Å². The molecule has 0 aliphatic carbocycles. The largest absolute Gasteiger partial charge is 0.462 e. The van der Waals surface area contributed by atoms with Gasteiger partial charge in [0.15, 0.2) is 11.0 Å². The number of nitrogens with zero attached hydrogens (tertiary/aromatic N) is 3. The second-order valence-electron chi connectivity index (χ2n) is 4.85. The number of hydrogen-bond donors (Lipinski definition) is 0. The van der Waals surface area contributed by atoms with E-state index in [-0.39, 0.29) is 5.91 Å². The minimum absolute atomic E-state index is 0.112. The van der Waals surface area contributed by atoms with Gasteiger partial charge in [0.1, 0.15) is 11.5 Å². The molecule has 0 saturated carbocycles. The minimum atomic E-state index is -0.112. The Kier molecular flexibility index (Phi) is 4.43. The Morgan fingerprint density at radius 1 is 1.39 bits per heavy atom. The molecule has 116 valence electrons. The maximum atomic E-state index is 12.6. The lowest BCUT2D eigenvalue weighted by Crippen LogP contribution is -2.29. The van der Waals surface area contributed by atoms with Gasteiger partial charge in [-0.15, -0.1) is 6.58 Å². The van der Waals surface area contributed by atoms with E-state index in [1.54, 1.807) is 29.3 Å². The van der Waals surface area contributed by atoms with Crippen LogP contribution in [0.4, 0.5) is 5.82 Å². The summed E-state index contributed by atoms with van der Waals surface area (Å²) in [4.78, 5) is 23.3. The first kappa shape index (κ1) is 15.3. The fraction of sp³-hybridized carbons (Fsp3) is 0.118. The van der Waals surface area contributed by atoms with E-state index in [9.17, 15) is 4.79 Å². The van der Waals surface area contributed by atoms with E-state index in [0.717, 1.165) is 5.76 Å². The summed E-state index contributed by atoms with van der Waals surface area (Å²) in [7, 11) is 0. The van der Waals surface area contributed by atoms with Gasteiger partial charge in [-0.1, -0.05) is 12.1 Å². The third-order valence-corrected chi connectivity index (χ3v) is 4.10. The van der Waals surface area contributed by atoms with Crippen molar-refractivity contribution in [3.8, 4) is 0 Å². The van der Waals surface area contributed by atoms with Gasteiger partial charge < -0.3 is 4.42 Å². The lowest BCUT2D eigenvalue weighted by atomic mass is 10.3. The van der Waals surface area contributed by atoms with E-state index in [0.29, 0.717) is 28.2 Å². The number of thioether (sulfide) groups is 1. The molecule has 0 radical (unpaired) electrons. The minimum Gasteiger partial charge on any atom is -0.462 e. The van der Waals surface area contributed by atoms with Crippen molar-refractivity contribution in [2.24, 2.45) is 4.99 Å². The first-order valence-electron chi connectivity index (χ1n) is 7.06. The molecule has 0 spiro atoms. The molecule has 0 N–H and O–H groups in total. The molecule has 3 rings (SSSR count). The zero-order valence-electron chi connectivity index (χ0n) is 12.6. The number of amides is 1. The lowest BCUT2D eigenvalue weighted by Gasteiger charge is -2.12. The third-order valence-electron chi connectivity index (χ3n) is 3.09. The summed E-state index contributed by atoms with van der Waals surface area (Å²) < 4.78 is 5.51. The van der Waals surface area contributed by atoms with Gasteiger partial charge in [0, 0.05) is 18.8 Å². The number of aliphatic imine (C=N–C) groups is 1. The van der Waals surface area contributed by atoms with Crippen molar-refractivity contribution in [2.75, 3.05) is 6.54 Å². The zero-order chi connectivity index (χ0) is 16.2. The van der Waals surface area contributed by atoms with Crippen molar-refractivity contribution >= 4 is 34.7 Å². The van der Waals surface area contributed by atoms with E-state index in [4.69, 9.17) is 4.42 Å². The first-order valence-corrected chi connectivity index (χ1v) is 7.87. The fourth-order valence-corrected chi connectivity index (χ4v) is 3.04. The number of rotatable bonds is 4. The molecule has 23 heavy (non-hydrogen) atoms. The van der Waals surface area contributed by atoms with Crippen LogP contribution < -0.4 is 0 Å². The van der Waals surface area contributed by atoms with Gasteiger partial charge in [-0.2, -0.15) is 0 Å². The lowest BCUT2D eigenvalue weighted by molar-refractivity contribution is -0.121. The number of carbonyl (C=O) groups is 1. The number of aromatic nitrogens is 1. The van der Waals surface area contributed by atoms with E-state index in [1.807, 2.05) is 31.2 Å². The number of hydrogen-bond acceptors (Lipinski definition) is 5. The van der Waals surface area contributed by atoms with Crippen LogP contribution in [0.1, 0.15) is 11.5 Å². The van der Waals surface area contributed by atoms with Gasteiger partial charge in [0.2, 0.25) is 0 Å². The molecule has 1 saturated heterocycles. The topological polar surface area (TPSA) is 58.7 Å². The number of furan rings is 1. The maximum Gasteiger partial charge on any atom is 0.267 e. The van der Waals surface area contributed by atoms with E-state index < -0.39 is 0 Å². The van der Waals surface area contributed by atoms with Crippen molar-refractivity contribution in [3.05, 3.63) is 65.6 Å². The van der Waals surface area contributed by atoms with Crippen LogP contribution >= 0.6 is 11.8 Å². The van der Waals surface area contributed by atoms with Gasteiger partial charge in [0.25, 0.3) is 5.91 Å². The highest BCUT2D eigenvalue weighted by molar-refractivity contribution is 8.18. The molecule has 1 aliphatic rings. The molecule has 3 heterocycles. The Balaban J connectivity index is 1.94. The number of carbonyl (C=O) groups excluding carboxylic acids is 1. The monoisotopic (exact) mass is 325 g/mol. The van der Waals surface area contributed by atoms with Crippen LogP contribution in [0.5, 0.6) is 0 Å². The highest BCUT2D eigenvalue weighted by atomic mass is 32.2. The number of amidine groups is 1. The molecule has 2 aromatic rings. The summed E-state index contributed by atoms with van der Waals surface area (Å²) in [5.41, 5.74) is 0. The van der Waals surface area contributed by atoms with Crippen LogP contribution in [0.2, 0.25) is 0 Å². The van der Waals surface area contributed by atoms with Crippen LogP contribution in [-0.2, 0) is 4.79 Å². The first-order chi connectivity index (χ1) is 11.2. The third kappa shape index (κ3) is 3.43. The van der Waals surface area contributed by atoms with E-state index >= 15 is 0 Å². The molecule has 1 aliphatic heterocycles. The van der Waals surface area contributed by atoms with Crippen molar-refractivity contribution < 1.29 is 9.21 Å². The van der Waals surface area contributed by atoms with Gasteiger partial charge in [-0.3, -0.25) is 9.69 Å². The second-order valence-corrected chi connectivity index (χ2v) is 5.85. The molecule has 2 aromatic heterocycles. The van der Waals surface area contributed by atoms with Crippen molar-refractivity contribution in [3.63, 3.8) is 0 Å². The molecule has 0 atom stereocenters. The van der Waals surface area contributed by atoms with Crippen LogP contribution in [0.15, 0.2) is 63.5 Å². The molecule has 0 bridgehead atoms. The standard InChI is InChI=1S/C17H15N3O2S/c1-3-10-20-16(21)14(11-13-8-7-12(2)22-13)23-17(20)19-15-6-4-5-9-18-15/h3-9,11H,1,10H2,2H3/b14-11+,19-17+. The van der Waals surface area contributed by atoms with E-state index in [2.05, 4.69) is 16.6 Å². The predicted molar refractivity (Wildman–Crippen MR) is 92.3 cm³/mol. The predicted octanol–water partition coefficient (Wildman–Crippen LogP) is 3.77. The number of pyridine rings is 1. The Morgan fingerprint density at radius 2 is 2.26 bits per heavy atom.